The van der Waals surface area contributed by atoms with Gasteiger partial charge < -0.3 is 4.74 Å². The first-order valence-electron chi connectivity index (χ1n) is 14.8. The Kier molecular flexibility index (Phi) is 7.81. The van der Waals surface area contributed by atoms with Crippen LogP contribution in [0.5, 0.6) is 0 Å². The fourth-order valence-electron chi connectivity index (χ4n) is 10.2. The third kappa shape index (κ3) is 4.50. The molecule has 2 unspecified atom stereocenters. The summed E-state index contributed by atoms with van der Waals surface area (Å²) in [6.07, 6.45) is 15.1. The highest BCUT2D eigenvalue weighted by Crippen LogP contribution is 2.70. The van der Waals surface area contributed by atoms with E-state index >= 15 is 0 Å². The molecule has 196 valence electrons. The molecule has 0 amide bonds. The Morgan fingerprint density at radius 3 is 2.35 bits per heavy atom. The molecule has 0 aromatic rings. The zero-order valence-corrected chi connectivity index (χ0v) is 24.1. The largest absolute Gasteiger partial charge is 0.462 e. The SMILES string of the molecule is CC[C@H](CC[C@@H](C)[C@H]1CC[C@H]2[C@@H]3CCC4(Cl)CC(OC(C)=O)CC[C@]4(C)[C@H]3CC[C@]12C)C(C)C. The average molecular weight is 493 g/mol. The van der Waals surface area contributed by atoms with Crippen LogP contribution in [-0.4, -0.2) is 16.9 Å². The average Bonchev–Trinajstić information content (AvgIpc) is 3.11. The van der Waals surface area contributed by atoms with Gasteiger partial charge in [-0.15, -0.1) is 11.6 Å². The number of fused-ring (bicyclic) bond motifs is 5. The zero-order chi connectivity index (χ0) is 24.9. The Labute approximate surface area is 215 Å². The quantitative estimate of drug-likeness (QED) is 0.261. The van der Waals surface area contributed by atoms with E-state index in [0.717, 1.165) is 67.1 Å². The van der Waals surface area contributed by atoms with Crippen molar-refractivity contribution in [1.82, 2.24) is 0 Å². The number of ether oxygens (including phenoxy) is 1. The van der Waals surface area contributed by atoms with Gasteiger partial charge in [-0.1, -0.05) is 54.4 Å². The van der Waals surface area contributed by atoms with Crippen molar-refractivity contribution in [2.45, 2.75) is 136 Å². The van der Waals surface area contributed by atoms with Gasteiger partial charge in [-0.2, -0.15) is 0 Å². The van der Waals surface area contributed by atoms with Crippen molar-refractivity contribution in [3.63, 3.8) is 0 Å². The second-order valence-corrected chi connectivity index (χ2v) is 14.7. The fourth-order valence-corrected chi connectivity index (χ4v) is 10.7. The van der Waals surface area contributed by atoms with Crippen LogP contribution in [0.2, 0.25) is 0 Å². The molecular formula is C31H53ClO2. The van der Waals surface area contributed by atoms with Crippen LogP contribution in [0.25, 0.3) is 0 Å². The Morgan fingerprint density at radius 2 is 1.71 bits per heavy atom. The molecule has 0 bridgehead atoms. The summed E-state index contributed by atoms with van der Waals surface area (Å²) in [5.74, 6) is 5.78. The van der Waals surface area contributed by atoms with E-state index in [1.54, 1.807) is 0 Å². The first-order valence-corrected chi connectivity index (χ1v) is 15.2. The second-order valence-electron chi connectivity index (χ2n) is 14.0. The minimum absolute atomic E-state index is 0.0166. The number of hydrogen-bond donors (Lipinski definition) is 0. The van der Waals surface area contributed by atoms with Crippen LogP contribution in [-0.2, 0) is 9.53 Å². The van der Waals surface area contributed by atoms with Gasteiger partial charge in [0.1, 0.15) is 6.10 Å². The van der Waals surface area contributed by atoms with Crippen LogP contribution in [0.4, 0.5) is 0 Å². The summed E-state index contributed by atoms with van der Waals surface area (Å²) in [6.45, 7) is 16.5. The minimum atomic E-state index is -0.197. The van der Waals surface area contributed by atoms with Gasteiger partial charge >= 0.3 is 5.97 Å². The highest BCUT2D eigenvalue weighted by molar-refractivity contribution is 6.24. The summed E-state index contributed by atoms with van der Waals surface area (Å²) in [6, 6.07) is 0. The molecule has 0 N–H and O–H groups in total. The molecule has 0 spiro atoms. The monoisotopic (exact) mass is 492 g/mol. The molecule has 4 saturated carbocycles. The maximum absolute atomic E-state index is 11.6. The topological polar surface area (TPSA) is 26.3 Å². The van der Waals surface area contributed by atoms with Crippen LogP contribution in [0.15, 0.2) is 0 Å². The third-order valence-corrected chi connectivity index (χ3v) is 13.0. The van der Waals surface area contributed by atoms with Gasteiger partial charge in [0.15, 0.2) is 0 Å². The molecule has 4 aliphatic carbocycles. The summed E-state index contributed by atoms with van der Waals surface area (Å²) in [5, 5.41) is 0. The van der Waals surface area contributed by atoms with Crippen LogP contribution < -0.4 is 0 Å². The Hall–Kier alpha value is -0.240. The van der Waals surface area contributed by atoms with Crippen molar-refractivity contribution in [2.24, 2.45) is 52.3 Å². The van der Waals surface area contributed by atoms with E-state index in [9.17, 15) is 4.79 Å². The predicted molar refractivity (Wildman–Crippen MR) is 143 cm³/mol. The van der Waals surface area contributed by atoms with Gasteiger partial charge in [-0.3, -0.25) is 4.79 Å². The summed E-state index contributed by atoms with van der Waals surface area (Å²) in [7, 11) is 0. The van der Waals surface area contributed by atoms with E-state index in [4.69, 9.17) is 16.3 Å². The van der Waals surface area contributed by atoms with Crippen molar-refractivity contribution in [3.8, 4) is 0 Å². The van der Waals surface area contributed by atoms with Gasteiger partial charge in [-0.25, -0.2) is 0 Å². The summed E-state index contributed by atoms with van der Waals surface area (Å²) in [5.41, 5.74) is 0.711. The maximum atomic E-state index is 11.6. The van der Waals surface area contributed by atoms with Gasteiger partial charge in [-0.05, 0) is 110 Å². The van der Waals surface area contributed by atoms with E-state index in [2.05, 4.69) is 41.5 Å². The van der Waals surface area contributed by atoms with Crippen molar-refractivity contribution in [1.29, 1.82) is 0 Å². The van der Waals surface area contributed by atoms with Crippen molar-refractivity contribution in [2.75, 3.05) is 0 Å². The number of rotatable bonds is 7. The van der Waals surface area contributed by atoms with Gasteiger partial charge in [0.25, 0.3) is 0 Å². The Balaban J connectivity index is 1.46. The van der Waals surface area contributed by atoms with E-state index in [1.165, 1.54) is 58.3 Å². The number of esters is 1. The molecule has 4 aliphatic rings. The molecule has 2 nitrogen and oxygen atoms in total. The van der Waals surface area contributed by atoms with E-state index in [1.807, 2.05) is 0 Å². The number of carbonyl (C=O) groups is 1. The molecule has 0 aromatic carbocycles. The molecular weight excluding hydrogens is 440 g/mol. The molecule has 34 heavy (non-hydrogen) atoms. The Morgan fingerprint density at radius 1 is 0.971 bits per heavy atom. The third-order valence-electron chi connectivity index (χ3n) is 12.2. The predicted octanol–water partition coefficient (Wildman–Crippen LogP) is 9.04. The molecule has 4 rings (SSSR count). The molecule has 10 atom stereocenters. The van der Waals surface area contributed by atoms with Crippen molar-refractivity contribution < 1.29 is 9.53 Å². The molecule has 0 radical (unpaired) electrons. The smallest absolute Gasteiger partial charge is 0.302 e. The number of alkyl halides is 1. The molecule has 0 aliphatic heterocycles. The number of hydrogen-bond acceptors (Lipinski definition) is 2. The molecule has 0 aromatic heterocycles. The van der Waals surface area contributed by atoms with Gasteiger partial charge in [0, 0.05) is 13.3 Å². The molecule has 3 heteroatoms. The molecule has 4 fully saturated rings. The Bertz CT molecular complexity index is 735. The van der Waals surface area contributed by atoms with Crippen LogP contribution >= 0.6 is 11.6 Å². The normalized spacial score (nSPS) is 45.7. The summed E-state index contributed by atoms with van der Waals surface area (Å²) < 4.78 is 5.65. The maximum Gasteiger partial charge on any atom is 0.302 e. The highest BCUT2D eigenvalue weighted by Gasteiger charge is 2.64. The van der Waals surface area contributed by atoms with Crippen molar-refractivity contribution >= 4 is 17.6 Å². The van der Waals surface area contributed by atoms with Crippen LogP contribution in [0.1, 0.15) is 126 Å². The molecule has 0 saturated heterocycles. The summed E-state index contributed by atoms with van der Waals surface area (Å²) >= 11 is 7.49. The highest BCUT2D eigenvalue weighted by atomic mass is 35.5. The van der Waals surface area contributed by atoms with Crippen LogP contribution in [0, 0.1) is 52.3 Å². The first-order chi connectivity index (χ1) is 15.9. The number of carbonyl (C=O) groups excluding carboxylic acids is 1. The van der Waals surface area contributed by atoms with Gasteiger partial charge in [0.2, 0.25) is 0 Å². The van der Waals surface area contributed by atoms with E-state index < -0.39 is 0 Å². The number of halogens is 1. The van der Waals surface area contributed by atoms with Crippen LogP contribution in [0.3, 0.4) is 0 Å². The summed E-state index contributed by atoms with van der Waals surface area (Å²) in [4.78, 5) is 11.4. The lowest BCUT2D eigenvalue weighted by molar-refractivity contribution is -0.157. The lowest BCUT2D eigenvalue weighted by Gasteiger charge is -2.64. The standard InChI is InChI=1S/C31H53ClO2/c1-8-23(20(2)3)10-9-21(4)26-11-12-27-25-14-18-31(32)19-24(34-22(5)33)13-17-30(31,7)28(25)15-16-29(26,27)6/h20-21,23-28H,8-19H2,1-7H3/t21-,23-,24?,25+,26-,27+,28+,29-,30-,31?/m1/s1. The lowest BCUT2D eigenvalue weighted by Crippen LogP contribution is -2.60. The second kappa shape index (κ2) is 9.90. The van der Waals surface area contributed by atoms with E-state index in [0.29, 0.717) is 5.41 Å². The minimum Gasteiger partial charge on any atom is -0.462 e. The zero-order valence-electron chi connectivity index (χ0n) is 23.3. The first kappa shape index (κ1) is 26.8. The van der Waals surface area contributed by atoms with Gasteiger partial charge in [0.05, 0.1) is 4.87 Å². The lowest BCUT2D eigenvalue weighted by atomic mass is 9.44. The van der Waals surface area contributed by atoms with Crippen molar-refractivity contribution in [3.05, 3.63) is 0 Å². The molecule has 0 heterocycles. The van der Waals surface area contributed by atoms with E-state index in [-0.39, 0.29) is 22.4 Å². The fraction of sp³-hybridized carbons (Fsp3) is 0.968.